The minimum Gasteiger partial charge on any atom is -0.353 e. The lowest BCUT2D eigenvalue weighted by atomic mass is 10.1. The van der Waals surface area contributed by atoms with Crippen LogP contribution in [0.3, 0.4) is 0 Å². The minimum atomic E-state index is -6.02. The first-order valence-electron chi connectivity index (χ1n) is 7.30. The molecule has 1 aromatic heterocycles. The van der Waals surface area contributed by atoms with Crippen molar-refractivity contribution in [2.75, 3.05) is 0 Å². The molecular formula is C16H10F4N2O4S. The van der Waals surface area contributed by atoms with Gasteiger partial charge in [0.25, 0.3) is 11.4 Å². The molecule has 0 aliphatic heterocycles. The first-order chi connectivity index (χ1) is 12.5. The standard InChI is InChI=1S/C16H10F4N2O4S/c1-9-3-2-4-12-13(9)14(26-27(24,25)16(18,19)20)21-22(15(12)23)11-7-5-10(17)6-8-11/h2-8H,1H3. The normalized spacial score (nSPS) is 12.3. The van der Waals surface area contributed by atoms with Crippen molar-refractivity contribution in [3.05, 3.63) is 64.2 Å². The fourth-order valence-corrected chi connectivity index (χ4v) is 2.82. The van der Waals surface area contributed by atoms with E-state index in [0.29, 0.717) is 4.68 Å². The first kappa shape index (κ1) is 18.8. The zero-order chi connectivity index (χ0) is 20.0. The van der Waals surface area contributed by atoms with Gasteiger partial charge in [-0.1, -0.05) is 12.1 Å². The molecule has 2 aromatic carbocycles. The number of fused-ring (bicyclic) bond motifs is 1. The Morgan fingerprint density at radius 2 is 1.70 bits per heavy atom. The molecule has 142 valence electrons. The summed E-state index contributed by atoms with van der Waals surface area (Å²) in [5, 5.41) is 3.36. The van der Waals surface area contributed by atoms with Gasteiger partial charge in [-0.2, -0.15) is 26.3 Å². The van der Waals surface area contributed by atoms with Gasteiger partial charge in [-0.15, -0.1) is 5.10 Å². The lowest BCUT2D eigenvalue weighted by molar-refractivity contribution is -0.0501. The van der Waals surface area contributed by atoms with Crippen LogP contribution in [0.25, 0.3) is 16.5 Å². The van der Waals surface area contributed by atoms with Crippen molar-refractivity contribution in [1.29, 1.82) is 0 Å². The Labute approximate surface area is 149 Å². The number of halogens is 4. The fraction of sp³-hybridized carbons (Fsp3) is 0.125. The highest BCUT2D eigenvalue weighted by Crippen LogP contribution is 2.31. The predicted molar refractivity (Wildman–Crippen MR) is 87.6 cm³/mol. The van der Waals surface area contributed by atoms with Gasteiger partial charge in [0.05, 0.1) is 16.5 Å². The first-order valence-corrected chi connectivity index (χ1v) is 8.71. The van der Waals surface area contributed by atoms with Crippen LogP contribution >= 0.6 is 0 Å². The number of aryl methyl sites for hydroxylation is 1. The molecule has 6 nitrogen and oxygen atoms in total. The van der Waals surface area contributed by atoms with Gasteiger partial charge >= 0.3 is 15.6 Å². The van der Waals surface area contributed by atoms with Gasteiger partial charge < -0.3 is 4.18 Å². The summed E-state index contributed by atoms with van der Waals surface area (Å²) in [6.45, 7) is 1.46. The van der Waals surface area contributed by atoms with Crippen LogP contribution in [-0.4, -0.2) is 23.7 Å². The topological polar surface area (TPSA) is 78.3 Å². The highest BCUT2D eigenvalue weighted by molar-refractivity contribution is 7.88. The van der Waals surface area contributed by atoms with Gasteiger partial charge in [-0.05, 0) is 42.8 Å². The molecule has 0 unspecified atom stereocenters. The van der Waals surface area contributed by atoms with Crippen molar-refractivity contribution in [3.63, 3.8) is 0 Å². The summed E-state index contributed by atoms with van der Waals surface area (Å²) in [6.07, 6.45) is 0. The smallest absolute Gasteiger partial charge is 0.353 e. The van der Waals surface area contributed by atoms with Gasteiger partial charge in [0.1, 0.15) is 5.82 Å². The third kappa shape index (κ3) is 3.37. The molecule has 0 bridgehead atoms. The molecular weight excluding hydrogens is 392 g/mol. The van der Waals surface area contributed by atoms with Crippen LogP contribution in [0.15, 0.2) is 47.3 Å². The van der Waals surface area contributed by atoms with Crippen LogP contribution in [0.1, 0.15) is 5.56 Å². The Bertz CT molecular complexity index is 1190. The quantitative estimate of drug-likeness (QED) is 0.382. The van der Waals surface area contributed by atoms with E-state index in [1.807, 2.05) is 0 Å². The third-order valence-corrected chi connectivity index (χ3v) is 4.59. The molecule has 0 saturated heterocycles. The maximum atomic E-state index is 13.1. The van der Waals surface area contributed by atoms with Crippen LogP contribution in [0.5, 0.6) is 5.88 Å². The molecule has 0 saturated carbocycles. The Morgan fingerprint density at radius 1 is 1.07 bits per heavy atom. The van der Waals surface area contributed by atoms with Crippen LogP contribution in [-0.2, 0) is 10.1 Å². The maximum absolute atomic E-state index is 13.1. The van der Waals surface area contributed by atoms with Crippen molar-refractivity contribution in [3.8, 4) is 11.6 Å². The highest BCUT2D eigenvalue weighted by Gasteiger charge is 2.49. The number of hydrogen-bond acceptors (Lipinski definition) is 5. The summed E-state index contributed by atoms with van der Waals surface area (Å²) in [5.41, 5.74) is -6.12. The van der Waals surface area contributed by atoms with E-state index in [1.54, 1.807) is 0 Å². The second-order valence-electron chi connectivity index (χ2n) is 5.48. The Morgan fingerprint density at radius 3 is 2.30 bits per heavy atom. The number of nitrogens with zero attached hydrogens (tertiary/aromatic N) is 2. The predicted octanol–water partition coefficient (Wildman–Crippen LogP) is 3.06. The lowest BCUT2D eigenvalue weighted by Crippen LogP contribution is -2.30. The molecule has 0 aliphatic carbocycles. The van der Waals surface area contributed by atoms with Gasteiger partial charge in [-0.3, -0.25) is 4.79 Å². The molecule has 27 heavy (non-hydrogen) atoms. The molecule has 0 N–H and O–H groups in total. The van der Waals surface area contributed by atoms with Crippen LogP contribution in [0.2, 0.25) is 0 Å². The van der Waals surface area contributed by atoms with Crippen molar-refractivity contribution in [2.45, 2.75) is 12.4 Å². The Balaban J connectivity index is 2.33. The van der Waals surface area contributed by atoms with Crippen molar-refractivity contribution in [1.82, 2.24) is 9.78 Å². The molecule has 0 aliphatic rings. The van der Waals surface area contributed by atoms with E-state index in [-0.39, 0.29) is 22.0 Å². The summed E-state index contributed by atoms with van der Waals surface area (Å²) in [5.74, 6) is -1.52. The van der Waals surface area contributed by atoms with E-state index in [0.717, 1.165) is 24.3 Å². The molecule has 3 aromatic rings. The summed E-state index contributed by atoms with van der Waals surface area (Å²) in [6, 6.07) is 8.56. The Hall–Kier alpha value is -2.95. The summed E-state index contributed by atoms with van der Waals surface area (Å²) < 4.78 is 79.0. The second-order valence-corrected chi connectivity index (χ2v) is 7.02. The van der Waals surface area contributed by atoms with E-state index in [4.69, 9.17) is 0 Å². The average Bonchev–Trinajstić information content (AvgIpc) is 2.57. The number of hydrogen-bond donors (Lipinski definition) is 0. The van der Waals surface area contributed by atoms with Gasteiger partial charge in [0.15, 0.2) is 0 Å². The minimum absolute atomic E-state index is 0.0130. The number of rotatable bonds is 3. The monoisotopic (exact) mass is 402 g/mol. The average molecular weight is 402 g/mol. The van der Waals surface area contributed by atoms with Gasteiger partial charge in [-0.25, -0.2) is 4.39 Å². The Kier molecular flexibility index (Phi) is 4.42. The molecule has 11 heteroatoms. The molecule has 0 amide bonds. The SMILES string of the molecule is Cc1cccc2c(=O)n(-c3ccc(F)cc3)nc(OS(=O)(=O)C(F)(F)F)c12. The van der Waals surface area contributed by atoms with Crippen molar-refractivity contribution >= 4 is 20.9 Å². The summed E-state index contributed by atoms with van der Waals surface area (Å²) in [4.78, 5) is 12.7. The van der Waals surface area contributed by atoms with Crippen LogP contribution < -0.4 is 9.74 Å². The third-order valence-electron chi connectivity index (χ3n) is 3.64. The van der Waals surface area contributed by atoms with Gasteiger partial charge in [0, 0.05) is 0 Å². The zero-order valence-corrected chi connectivity index (χ0v) is 14.3. The highest BCUT2D eigenvalue weighted by atomic mass is 32.2. The van der Waals surface area contributed by atoms with Crippen molar-refractivity contribution < 1.29 is 30.2 Å². The molecule has 3 rings (SSSR count). The number of aromatic nitrogens is 2. The number of alkyl halides is 3. The molecule has 0 radical (unpaired) electrons. The fourth-order valence-electron chi connectivity index (χ4n) is 2.40. The van der Waals surface area contributed by atoms with Crippen LogP contribution in [0.4, 0.5) is 17.6 Å². The zero-order valence-electron chi connectivity index (χ0n) is 13.5. The van der Waals surface area contributed by atoms with E-state index in [1.165, 1.54) is 25.1 Å². The maximum Gasteiger partial charge on any atom is 0.534 e. The second kappa shape index (κ2) is 6.34. The molecule has 0 fully saturated rings. The van der Waals surface area contributed by atoms with Gasteiger partial charge in [0.2, 0.25) is 0 Å². The van der Waals surface area contributed by atoms with E-state index in [2.05, 4.69) is 9.28 Å². The van der Waals surface area contributed by atoms with E-state index in [9.17, 15) is 30.8 Å². The van der Waals surface area contributed by atoms with E-state index >= 15 is 0 Å². The number of benzene rings is 2. The molecule has 0 atom stereocenters. The largest absolute Gasteiger partial charge is 0.534 e. The van der Waals surface area contributed by atoms with Crippen LogP contribution in [0, 0.1) is 12.7 Å². The van der Waals surface area contributed by atoms with E-state index < -0.39 is 32.9 Å². The van der Waals surface area contributed by atoms with Crippen molar-refractivity contribution in [2.24, 2.45) is 0 Å². The lowest BCUT2D eigenvalue weighted by Gasteiger charge is -2.14. The molecule has 1 heterocycles. The molecule has 0 spiro atoms. The summed E-state index contributed by atoms with van der Waals surface area (Å²) >= 11 is 0. The summed E-state index contributed by atoms with van der Waals surface area (Å²) in [7, 11) is -6.02.